The normalized spacial score (nSPS) is 11.2. The minimum Gasteiger partial charge on any atom is -0.465 e. The fraction of sp³-hybridized carbons (Fsp3) is 0.294. The number of aryl methyl sites for hydroxylation is 2. The summed E-state index contributed by atoms with van der Waals surface area (Å²) in [6.07, 6.45) is -4.98. The van der Waals surface area contributed by atoms with E-state index in [1.807, 2.05) is 0 Å². The Morgan fingerprint density at radius 2 is 1.35 bits per heavy atom. The number of hydrogen-bond acceptors (Lipinski definition) is 5. The van der Waals surface area contributed by atoms with E-state index >= 15 is 0 Å². The number of halogens is 3. The summed E-state index contributed by atoms with van der Waals surface area (Å²) in [5.41, 5.74) is -1.80. The third kappa shape index (κ3) is 3.66. The Hall–Kier alpha value is -2.97. The van der Waals surface area contributed by atoms with E-state index in [0.717, 1.165) is 26.4 Å². The minimum atomic E-state index is -4.98. The molecule has 6 nitrogen and oxygen atoms in total. The van der Waals surface area contributed by atoms with Crippen LogP contribution in [-0.4, -0.2) is 30.9 Å². The van der Waals surface area contributed by atoms with Gasteiger partial charge in [-0.25, -0.2) is 9.59 Å². The van der Waals surface area contributed by atoms with E-state index in [1.165, 1.54) is 4.73 Å². The van der Waals surface area contributed by atoms with Crippen LogP contribution in [0.15, 0.2) is 24.3 Å². The van der Waals surface area contributed by atoms with Crippen LogP contribution in [-0.2, 0) is 15.7 Å². The molecule has 0 aliphatic heterocycles. The molecule has 9 heteroatoms. The number of carbonyl (C=O) groups excluding carboxylic acids is 2. The molecule has 140 valence electrons. The van der Waals surface area contributed by atoms with Gasteiger partial charge < -0.3 is 14.3 Å². The second-order valence-corrected chi connectivity index (χ2v) is 5.38. The van der Waals surface area contributed by atoms with E-state index in [4.69, 9.17) is 4.84 Å². The van der Waals surface area contributed by atoms with Crippen molar-refractivity contribution in [2.45, 2.75) is 20.0 Å². The van der Waals surface area contributed by atoms with Crippen molar-refractivity contribution in [3.8, 4) is 5.75 Å². The van der Waals surface area contributed by atoms with Crippen LogP contribution in [0.25, 0.3) is 0 Å². The van der Waals surface area contributed by atoms with Gasteiger partial charge in [-0.3, -0.25) is 0 Å². The SMILES string of the molecule is COC(=O)c1cc(On2c(C)ccc2C)cc(C(=O)OC)c1C(F)(F)F. The third-order valence-electron chi connectivity index (χ3n) is 3.61. The third-order valence-corrected chi connectivity index (χ3v) is 3.61. The number of nitrogens with zero attached hydrogens (tertiary/aromatic N) is 1. The molecule has 0 unspecified atom stereocenters. The number of alkyl halides is 3. The fourth-order valence-electron chi connectivity index (χ4n) is 2.42. The van der Waals surface area contributed by atoms with Crippen LogP contribution in [0.2, 0.25) is 0 Å². The van der Waals surface area contributed by atoms with Crippen molar-refractivity contribution < 1.29 is 37.1 Å². The van der Waals surface area contributed by atoms with Gasteiger partial charge in [0.2, 0.25) is 0 Å². The number of rotatable bonds is 4. The van der Waals surface area contributed by atoms with Gasteiger partial charge >= 0.3 is 18.1 Å². The molecular weight excluding hydrogens is 355 g/mol. The van der Waals surface area contributed by atoms with Gasteiger partial charge in [-0.15, -0.1) is 0 Å². The maximum Gasteiger partial charge on any atom is 0.418 e. The lowest BCUT2D eigenvalue weighted by atomic mass is 9.99. The summed E-state index contributed by atoms with van der Waals surface area (Å²) >= 11 is 0. The summed E-state index contributed by atoms with van der Waals surface area (Å²) in [6.45, 7) is 3.44. The molecule has 0 fully saturated rings. The van der Waals surface area contributed by atoms with Gasteiger partial charge in [0.25, 0.3) is 0 Å². The van der Waals surface area contributed by atoms with Crippen molar-refractivity contribution in [2.75, 3.05) is 14.2 Å². The van der Waals surface area contributed by atoms with Crippen molar-refractivity contribution >= 4 is 11.9 Å². The molecule has 1 aromatic carbocycles. The zero-order chi connectivity index (χ0) is 19.6. The topological polar surface area (TPSA) is 66.8 Å². The molecule has 26 heavy (non-hydrogen) atoms. The van der Waals surface area contributed by atoms with Crippen molar-refractivity contribution in [3.05, 3.63) is 52.3 Å². The van der Waals surface area contributed by atoms with Crippen molar-refractivity contribution in [1.29, 1.82) is 0 Å². The molecule has 2 rings (SSSR count). The predicted octanol–water partition coefficient (Wildman–Crippen LogP) is 3.54. The first-order valence-electron chi connectivity index (χ1n) is 7.35. The lowest BCUT2D eigenvalue weighted by Crippen LogP contribution is -2.21. The smallest absolute Gasteiger partial charge is 0.418 e. The summed E-state index contributed by atoms with van der Waals surface area (Å²) in [4.78, 5) is 29.3. The van der Waals surface area contributed by atoms with E-state index in [1.54, 1.807) is 26.0 Å². The first-order chi connectivity index (χ1) is 12.1. The number of benzene rings is 1. The Morgan fingerprint density at radius 3 is 1.69 bits per heavy atom. The first kappa shape index (κ1) is 19.4. The van der Waals surface area contributed by atoms with E-state index in [2.05, 4.69) is 9.47 Å². The van der Waals surface area contributed by atoms with Crippen LogP contribution in [0.1, 0.15) is 37.7 Å². The molecule has 0 amide bonds. The van der Waals surface area contributed by atoms with Gasteiger partial charge in [-0.05, 0) is 38.1 Å². The molecule has 0 saturated carbocycles. The van der Waals surface area contributed by atoms with Crippen molar-refractivity contribution in [2.24, 2.45) is 0 Å². The van der Waals surface area contributed by atoms with E-state index in [-0.39, 0.29) is 5.75 Å². The highest BCUT2D eigenvalue weighted by Crippen LogP contribution is 2.38. The molecule has 2 aromatic rings. The molecule has 1 aromatic heterocycles. The van der Waals surface area contributed by atoms with Gasteiger partial charge in [-0.1, -0.05) is 0 Å². The van der Waals surface area contributed by atoms with Gasteiger partial charge in [0, 0.05) is 0 Å². The number of carbonyl (C=O) groups is 2. The van der Waals surface area contributed by atoms with Crippen LogP contribution in [0.3, 0.4) is 0 Å². The Morgan fingerprint density at radius 1 is 0.923 bits per heavy atom. The molecular formula is C17H16F3NO5. The van der Waals surface area contributed by atoms with Gasteiger partial charge in [0.15, 0.2) is 5.75 Å². The molecule has 0 bridgehead atoms. The van der Waals surface area contributed by atoms with Gasteiger partial charge in [0.05, 0.1) is 42.3 Å². The van der Waals surface area contributed by atoms with E-state index in [9.17, 15) is 22.8 Å². The number of ether oxygens (including phenoxy) is 2. The second-order valence-electron chi connectivity index (χ2n) is 5.38. The number of methoxy groups -OCH3 is 2. The molecule has 0 saturated heterocycles. The number of aromatic nitrogens is 1. The summed E-state index contributed by atoms with van der Waals surface area (Å²) in [5, 5.41) is 0. The van der Waals surface area contributed by atoms with Crippen molar-refractivity contribution in [3.63, 3.8) is 0 Å². The molecule has 0 aliphatic carbocycles. The predicted molar refractivity (Wildman–Crippen MR) is 84.1 cm³/mol. The summed E-state index contributed by atoms with van der Waals surface area (Å²) in [5.74, 6) is -2.66. The van der Waals surface area contributed by atoms with Gasteiger partial charge in [-0.2, -0.15) is 17.9 Å². The number of esters is 2. The Kier molecular flexibility index (Phi) is 5.29. The molecule has 0 N–H and O–H groups in total. The Labute approximate surface area is 147 Å². The highest BCUT2D eigenvalue weighted by Gasteiger charge is 2.41. The van der Waals surface area contributed by atoms with Crippen LogP contribution in [0, 0.1) is 13.8 Å². The van der Waals surface area contributed by atoms with E-state index in [0.29, 0.717) is 11.4 Å². The zero-order valence-electron chi connectivity index (χ0n) is 14.4. The maximum atomic E-state index is 13.5. The highest BCUT2D eigenvalue weighted by atomic mass is 19.4. The second kappa shape index (κ2) is 7.11. The average Bonchev–Trinajstić information content (AvgIpc) is 2.90. The minimum absolute atomic E-state index is 0.152. The first-order valence-corrected chi connectivity index (χ1v) is 7.35. The van der Waals surface area contributed by atoms with Crippen LogP contribution in [0.5, 0.6) is 5.75 Å². The summed E-state index contributed by atoms with van der Waals surface area (Å²) in [6, 6.07) is 5.23. The molecule has 0 spiro atoms. The lowest BCUT2D eigenvalue weighted by molar-refractivity contribution is -0.138. The van der Waals surface area contributed by atoms with Crippen LogP contribution in [0.4, 0.5) is 13.2 Å². The lowest BCUT2D eigenvalue weighted by Gasteiger charge is -2.18. The zero-order valence-corrected chi connectivity index (χ0v) is 14.4. The molecule has 0 radical (unpaired) electrons. The standard InChI is InChI=1S/C17H16F3NO5/c1-9-5-6-10(2)21(9)26-11-7-12(15(22)24-3)14(17(18,19)20)13(8-11)16(23)25-4/h5-8H,1-4H3. The monoisotopic (exact) mass is 371 g/mol. The Bertz CT molecular complexity index is 798. The summed E-state index contributed by atoms with van der Waals surface area (Å²) in [7, 11) is 1.88. The number of hydrogen-bond donors (Lipinski definition) is 0. The fourth-order valence-corrected chi connectivity index (χ4v) is 2.42. The largest absolute Gasteiger partial charge is 0.465 e. The van der Waals surface area contributed by atoms with E-state index < -0.39 is 34.8 Å². The molecule has 0 aliphatic rings. The molecule has 1 heterocycles. The van der Waals surface area contributed by atoms with Crippen LogP contribution < -0.4 is 4.84 Å². The highest BCUT2D eigenvalue weighted by molar-refractivity contribution is 5.99. The quantitative estimate of drug-likeness (QED) is 0.769. The Balaban J connectivity index is 2.72. The van der Waals surface area contributed by atoms with Gasteiger partial charge in [0.1, 0.15) is 0 Å². The van der Waals surface area contributed by atoms with Crippen molar-refractivity contribution in [1.82, 2.24) is 4.73 Å². The average molecular weight is 371 g/mol. The maximum absolute atomic E-state index is 13.5. The van der Waals surface area contributed by atoms with Crippen LogP contribution >= 0.6 is 0 Å². The molecule has 0 atom stereocenters. The summed E-state index contributed by atoms with van der Waals surface area (Å²) < 4.78 is 50.6.